The van der Waals surface area contributed by atoms with Crippen LogP contribution in [0.15, 0.2) is 36.4 Å². The molecule has 6 N–H and O–H groups in total. The van der Waals surface area contributed by atoms with Gasteiger partial charge in [0.25, 0.3) is 0 Å². The van der Waals surface area contributed by atoms with E-state index in [9.17, 15) is 0 Å². The van der Waals surface area contributed by atoms with Gasteiger partial charge in [0.1, 0.15) is 11.6 Å². The molecule has 0 fully saturated rings. The third kappa shape index (κ3) is 5.17. The number of nitrogens with zero attached hydrogens (tertiary/aromatic N) is 2. The second-order valence-corrected chi connectivity index (χ2v) is 4.36. The third-order valence-corrected chi connectivity index (χ3v) is 2.69. The van der Waals surface area contributed by atoms with E-state index < -0.39 is 0 Å². The maximum atomic E-state index is 8.63. The summed E-state index contributed by atoms with van der Waals surface area (Å²) in [5, 5.41) is 14.8. The van der Waals surface area contributed by atoms with Crippen LogP contribution in [-0.4, -0.2) is 41.4 Å². The van der Waals surface area contributed by atoms with Crippen LogP contribution in [0.25, 0.3) is 0 Å². The quantitative estimate of drug-likeness (QED) is 0.264. The lowest BCUT2D eigenvalue weighted by atomic mass is 10.3. The number of aliphatic hydroxyl groups excluding tert-OH is 1. The van der Waals surface area contributed by atoms with Gasteiger partial charge in [-0.2, -0.15) is 9.97 Å². The molecule has 0 aliphatic carbocycles. The minimum absolute atomic E-state index is 0.0138. The van der Waals surface area contributed by atoms with Gasteiger partial charge in [-0.25, -0.2) is 5.84 Å². The van der Waals surface area contributed by atoms with Gasteiger partial charge in [0.15, 0.2) is 0 Å². The van der Waals surface area contributed by atoms with Crippen LogP contribution in [0.2, 0.25) is 0 Å². The molecule has 1 heterocycles. The molecule has 0 saturated heterocycles. The minimum Gasteiger partial charge on any atom is -0.394 e. The van der Waals surface area contributed by atoms with Crippen molar-refractivity contribution in [2.75, 3.05) is 42.4 Å². The van der Waals surface area contributed by atoms with Crippen LogP contribution in [0.1, 0.15) is 0 Å². The third-order valence-electron chi connectivity index (χ3n) is 2.69. The summed E-state index contributed by atoms with van der Waals surface area (Å²) < 4.78 is 5.18. The van der Waals surface area contributed by atoms with Crippen molar-refractivity contribution in [1.29, 1.82) is 0 Å². The number of para-hydroxylation sites is 1. The average Bonchev–Trinajstić information content (AvgIpc) is 2.55. The topological polar surface area (TPSA) is 117 Å². The van der Waals surface area contributed by atoms with E-state index in [2.05, 4.69) is 26.0 Å². The molecular formula is C14H20N6O2. The molecule has 0 bridgehead atoms. The number of benzene rings is 1. The predicted octanol–water partition coefficient (Wildman–Crippen LogP) is 0.927. The monoisotopic (exact) mass is 304 g/mol. The van der Waals surface area contributed by atoms with Gasteiger partial charge in [0.05, 0.1) is 19.8 Å². The summed E-state index contributed by atoms with van der Waals surface area (Å²) in [5.74, 6) is 6.97. The molecule has 1 aromatic carbocycles. The molecule has 2 aromatic rings. The summed E-state index contributed by atoms with van der Waals surface area (Å²) >= 11 is 0. The number of nitrogens with two attached hydrogens (primary N) is 1. The maximum Gasteiger partial charge on any atom is 0.231 e. The number of rotatable bonds is 9. The maximum absolute atomic E-state index is 8.63. The minimum atomic E-state index is 0.0138. The predicted molar refractivity (Wildman–Crippen MR) is 86.0 cm³/mol. The fourth-order valence-electron chi connectivity index (χ4n) is 1.74. The first-order valence-corrected chi connectivity index (χ1v) is 6.92. The van der Waals surface area contributed by atoms with E-state index in [0.717, 1.165) is 5.69 Å². The highest BCUT2D eigenvalue weighted by molar-refractivity contribution is 5.58. The van der Waals surface area contributed by atoms with Gasteiger partial charge in [-0.15, -0.1) is 0 Å². The standard InChI is InChI=1S/C14H20N6O2/c15-20-13-10-12(16-6-8-22-9-7-21)18-14(19-13)17-11-4-2-1-3-5-11/h1-5,10,21H,6-9,15H2,(H3,16,17,18,19,20). The van der Waals surface area contributed by atoms with Crippen molar-refractivity contribution in [2.24, 2.45) is 5.84 Å². The summed E-state index contributed by atoms with van der Waals surface area (Å²) in [6, 6.07) is 11.3. The van der Waals surface area contributed by atoms with E-state index in [1.165, 1.54) is 0 Å². The van der Waals surface area contributed by atoms with E-state index in [-0.39, 0.29) is 6.61 Å². The van der Waals surface area contributed by atoms with Crippen molar-refractivity contribution in [3.05, 3.63) is 36.4 Å². The zero-order chi connectivity index (χ0) is 15.6. The number of hydrazine groups is 1. The molecule has 0 unspecified atom stereocenters. The second kappa shape index (κ2) is 8.78. The molecule has 0 saturated carbocycles. The lowest BCUT2D eigenvalue weighted by Gasteiger charge is -2.11. The SMILES string of the molecule is NNc1cc(NCCOCCO)nc(Nc2ccccc2)n1. The van der Waals surface area contributed by atoms with Gasteiger partial charge >= 0.3 is 0 Å². The Hall–Kier alpha value is -2.42. The van der Waals surface area contributed by atoms with E-state index in [4.69, 9.17) is 15.7 Å². The van der Waals surface area contributed by atoms with Gasteiger partial charge in [-0.05, 0) is 12.1 Å². The number of nitrogens with one attached hydrogen (secondary N) is 3. The molecule has 0 atom stereocenters. The van der Waals surface area contributed by atoms with E-state index in [1.807, 2.05) is 30.3 Å². The molecule has 0 aliphatic rings. The van der Waals surface area contributed by atoms with Crippen LogP contribution in [0.4, 0.5) is 23.3 Å². The Kier molecular flexibility index (Phi) is 6.37. The Morgan fingerprint density at radius 2 is 1.86 bits per heavy atom. The number of aliphatic hydroxyl groups is 1. The molecule has 1 aromatic heterocycles. The highest BCUT2D eigenvalue weighted by atomic mass is 16.5. The smallest absolute Gasteiger partial charge is 0.231 e. The van der Waals surface area contributed by atoms with Crippen molar-refractivity contribution < 1.29 is 9.84 Å². The summed E-state index contributed by atoms with van der Waals surface area (Å²) in [7, 11) is 0. The summed E-state index contributed by atoms with van der Waals surface area (Å²) in [6.07, 6.45) is 0. The molecule has 0 spiro atoms. The van der Waals surface area contributed by atoms with E-state index in [1.54, 1.807) is 6.07 Å². The Labute approximate surface area is 128 Å². The first-order chi connectivity index (χ1) is 10.8. The number of ether oxygens (including phenoxy) is 1. The molecule has 0 radical (unpaired) electrons. The van der Waals surface area contributed by atoms with E-state index >= 15 is 0 Å². The number of anilines is 4. The first-order valence-electron chi connectivity index (χ1n) is 6.92. The molecule has 0 aliphatic heterocycles. The molecule has 118 valence electrons. The van der Waals surface area contributed by atoms with Crippen LogP contribution < -0.4 is 21.9 Å². The van der Waals surface area contributed by atoms with Crippen molar-refractivity contribution >= 4 is 23.3 Å². The Balaban J connectivity index is 1.99. The molecule has 2 rings (SSSR count). The fourth-order valence-corrected chi connectivity index (χ4v) is 1.74. The normalized spacial score (nSPS) is 10.3. The van der Waals surface area contributed by atoms with Crippen LogP contribution in [-0.2, 0) is 4.74 Å². The van der Waals surface area contributed by atoms with Crippen LogP contribution >= 0.6 is 0 Å². The highest BCUT2D eigenvalue weighted by Gasteiger charge is 2.04. The summed E-state index contributed by atoms with van der Waals surface area (Å²) in [6.45, 7) is 1.37. The zero-order valence-electron chi connectivity index (χ0n) is 12.1. The number of nitrogen functional groups attached to an aromatic ring is 1. The molecular weight excluding hydrogens is 284 g/mol. The van der Waals surface area contributed by atoms with Crippen LogP contribution in [0.5, 0.6) is 0 Å². The van der Waals surface area contributed by atoms with Gasteiger partial charge in [-0.3, -0.25) is 0 Å². The number of aromatic nitrogens is 2. The fraction of sp³-hybridized carbons (Fsp3) is 0.286. The number of hydrogen-bond acceptors (Lipinski definition) is 8. The van der Waals surface area contributed by atoms with Gasteiger partial charge in [-0.1, -0.05) is 18.2 Å². The highest BCUT2D eigenvalue weighted by Crippen LogP contribution is 2.17. The average molecular weight is 304 g/mol. The zero-order valence-corrected chi connectivity index (χ0v) is 12.1. The molecule has 0 amide bonds. The van der Waals surface area contributed by atoms with E-state index in [0.29, 0.717) is 37.3 Å². The largest absolute Gasteiger partial charge is 0.394 e. The van der Waals surface area contributed by atoms with Gasteiger partial charge in [0.2, 0.25) is 5.95 Å². The molecule has 22 heavy (non-hydrogen) atoms. The van der Waals surface area contributed by atoms with Crippen LogP contribution in [0.3, 0.4) is 0 Å². The van der Waals surface area contributed by atoms with Gasteiger partial charge < -0.3 is 25.9 Å². The Bertz CT molecular complexity index is 567. The lowest BCUT2D eigenvalue weighted by Crippen LogP contribution is -2.15. The van der Waals surface area contributed by atoms with Crippen molar-refractivity contribution in [2.45, 2.75) is 0 Å². The molecule has 8 nitrogen and oxygen atoms in total. The van der Waals surface area contributed by atoms with Crippen molar-refractivity contribution in [3.63, 3.8) is 0 Å². The second-order valence-electron chi connectivity index (χ2n) is 4.36. The molecule has 8 heteroatoms. The summed E-state index contributed by atoms with van der Waals surface area (Å²) in [5.41, 5.74) is 3.39. The van der Waals surface area contributed by atoms with Crippen molar-refractivity contribution in [3.8, 4) is 0 Å². The van der Waals surface area contributed by atoms with Crippen LogP contribution in [0, 0.1) is 0 Å². The number of hydrogen-bond donors (Lipinski definition) is 5. The summed E-state index contributed by atoms with van der Waals surface area (Å²) in [4.78, 5) is 8.60. The Morgan fingerprint density at radius 3 is 2.59 bits per heavy atom. The first kappa shape index (κ1) is 16.0. The van der Waals surface area contributed by atoms with Crippen molar-refractivity contribution in [1.82, 2.24) is 9.97 Å². The van der Waals surface area contributed by atoms with Gasteiger partial charge in [0, 0.05) is 18.3 Å². The lowest BCUT2D eigenvalue weighted by molar-refractivity contribution is 0.0992. The Morgan fingerprint density at radius 1 is 1.09 bits per heavy atom.